The molecular weight excluding hydrogens is 286 g/mol. The van der Waals surface area contributed by atoms with Crippen molar-refractivity contribution in [2.45, 2.75) is 0 Å². The molecule has 0 aromatic heterocycles. The number of rotatable bonds is 4. The van der Waals surface area contributed by atoms with Crippen LogP contribution in [0.2, 0.25) is 0 Å². The highest BCUT2D eigenvalue weighted by molar-refractivity contribution is 5.93. The first-order valence-corrected chi connectivity index (χ1v) is 6.35. The summed E-state index contributed by atoms with van der Waals surface area (Å²) >= 11 is 0. The van der Waals surface area contributed by atoms with Gasteiger partial charge >= 0.3 is 11.9 Å². The van der Waals surface area contributed by atoms with Crippen molar-refractivity contribution in [2.24, 2.45) is 5.18 Å². The molecule has 0 spiro atoms. The van der Waals surface area contributed by atoms with E-state index in [-0.39, 0.29) is 11.3 Å². The summed E-state index contributed by atoms with van der Waals surface area (Å²) in [5, 5.41) is 2.95. The van der Waals surface area contributed by atoms with Gasteiger partial charge in [0.1, 0.15) is 5.69 Å². The van der Waals surface area contributed by atoms with Crippen LogP contribution < -0.4 is 0 Å². The highest BCUT2D eigenvalue weighted by atomic mass is 16.5. The second kappa shape index (κ2) is 6.62. The summed E-state index contributed by atoms with van der Waals surface area (Å²) in [6, 6.07) is 11.0. The van der Waals surface area contributed by atoms with E-state index in [0.717, 1.165) is 0 Å². The fourth-order valence-corrected chi connectivity index (χ4v) is 2.00. The van der Waals surface area contributed by atoms with Crippen LogP contribution in [0, 0.1) is 4.91 Å². The third kappa shape index (κ3) is 3.01. The lowest BCUT2D eigenvalue weighted by molar-refractivity contribution is 0.0592. The van der Waals surface area contributed by atoms with Crippen molar-refractivity contribution >= 4 is 17.6 Å². The minimum absolute atomic E-state index is 0.119. The molecule has 0 radical (unpaired) electrons. The Bertz CT molecular complexity index is 722. The summed E-state index contributed by atoms with van der Waals surface area (Å²) in [4.78, 5) is 33.9. The Hall–Kier alpha value is -3.02. The van der Waals surface area contributed by atoms with Gasteiger partial charge in [-0.2, -0.15) is 0 Å². The van der Waals surface area contributed by atoms with Crippen molar-refractivity contribution in [3.05, 3.63) is 58.5 Å². The maximum atomic E-state index is 11.5. The third-order valence-electron chi connectivity index (χ3n) is 3.13. The number of hydrogen-bond acceptors (Lipinski definition) is 6. The number of carbonyl (C=O) groups excluding carboxylic acids is 2. The number of nitrogens with zero attached hydrogens (tertiary/aromatic N) is 1. The fraction of sp³-hybridized carbons (Fsp3) is 0.125. The van der Waals surface area contributed by atoms with Gasteiger partial charge in [-0.25, -0.2) is 9.59 Å². The molecule has 2 aromatic rings. The first-order chi connectivity index (χ1) is 10.6. The molecule has 0 atom stereocenters. The molecule has 0 bridgehead atoms. The van der Waals surface area contributed by atoms with E-state index in [4.69, 9.17) is 0 Å². The average Bonchev–Trinajstić information content (AvgIpc) is 2.59. The van der Waals surface area contributed by atoms with Gasteiger partial charge in [-0.05, 0) is 35.0 Å². The smallest absolute Gasteiger partial charge is 0.337 e. The Morgan fingerprint density at radius 1 is 0.864 bits per heavy atom. The first-order valence-electron chi connectivity index (χ1n) is 6.35. The number of carbonyl (C=O) groups is 2. The summed E-state index contributed by atoms with van der Waals surface area (Å²) in [7, 11) is 2.56. The van der Waals surface area contributed by atoms with Crippen LogP contribution in [0.3, 0.4) is 0 Å². The minimum atomic E-state index is -0.544. The molecule has 0 saturated carbocycles. The van der Waals surface area contributed by atoms with E-state index >= 15 is 0 Å². The number of nitroso groups, excluding NO2 is 1. The van der Waals surface area contributed by atoms with Crippen LogP contribution in [0.5, 0.6) is 0 Å². The zero-order valence-electron chi connectivity index (χ0n) is 12.0. The summed E-state index contributed by atoms with van der Waals surface area (Å²) in [5.74, 6) is -0.987. The van der Waals surface area contributed by atoms with E-state index < -0.39 is 11.9 Å². The molecule has 22 heavy (non-hydrogen) atoms. The Morgan fingerprint density at radius 2 is 1.41 bits per heavy atom. The Balaban J connectivity index is 2.42. The molecule has 0 amide bonds. The van der Waals surface area contributed by atoms with Gasteiger partial charge in [0.2, 0.25) is 0 Å². The molecule has 6 heteroatoms. The molecular formula is C16H13NO5. The van der Waals surface area contributed by atoms with E-state index in [9.17, 15) is 14.5 Å². The van der Waals surface area contributed by atoms with Gasteiger partial charge in [0.25, 0.3) is 0 Å². The number of benzene rings is 2. The highest BCUT2D eigenvalue weighted by Crippen LogP contribution is 2.31. The third-order valence-corrected chi connectivity index (χ3v) is 3.13. The van der Waals surface area contributed by atoms with Crippen LogP contribution in [-0.2, 0) is 9.47 Å². The molecule has 0 aliphatic rings. The SMILES string of the molecule is COC(=O)c1ccc(-c2ccc(C(=O)OC)cc2N=O)cc1. The molecule has 0 fully saturated rings. The van der Waals surface area contributed by atoms with Gasteiger partial charge in [0.05, 0.1) is 25.3 Å². The predicted octanol–water partition coefficient (Wildman–Crippen LogP) is 3.32. The second-order valence-corrected chi connectivity index (χ2v) is 4.38. The van der Waals surface area contributed by atoms with Gasteiger partial charge < -0.3 is 9.47 Å². The van der Waals surface area contributed by atoms with Gasteiger partial charge in [0, 0.05) is 5.56 Å². The van der Waals surface area contributed by atoms with Gasteiger partial charge in [0.15, 0.2) is 0 Å². The van der Waals surface area contributed by atoms with Crippen LogP contribution in [0.1, 0.15) is 20.7 Å². The summed E-state index contributed by atoms with van der Waals surface area (Å²) in [6.07, 6.45) is 0. The molecule has 0 saturated heterocycles. The maximum absolute atomic E-state index is 11.5. The Kier molecular flexibility index (Phi) is 4.63. The fourth-order valence-electron chi connectivity index (χ4n) is 2.00. The topological polar surface area (TPSA) is 82.0 Å². The molecule has 0 N–H and O–H groups in total. The van der Waals surface area contributed by atoms with Crippen LogP contribution >= 0.6 is 0 Å². The zero-order chi connectivity index (χ0) is 16.1. The van der Waals surface area contributed by atoms with Crippen molar-refractivity contribution in [1.82, 2.24) is 0 Å². The lowest BCUT2D eigenvalue weighted by Crippen LogP contribution is -2.01. The molecule has 0 aliphatic carbocycles. The maximum Gasteiger partial charge on any atom is 0.337 e. The van der Waals surface area contributed by atoms with E-state index in [1.54, 1.807) is 36.4 Å². The monoisotopic (exact) mass is 299 g/mol. The molecule has 6 nitrogen and oxygen atoms in total. The normalized spacial score (nSPS) is 9.91. The quantitative estimate of drug-likeness (QED) is 0.639. The van der Waals surface area contributed by atoms with Gasteiger partial charge in [-0.1, -0.05) is 18.2 Å². The summed E-state index contributed by atoms with van der Waals surface area (Å²) < 4.78 is 9.22. The van der Waals surface area contributed by atoms with Crippen LogP contribution in [0.4, 0.5) is 5.69 Å². The lowest BCUT2D eigenvalue weighted by atomic mass is 10.0. The average molecular weight is 299 g/mol. The van der Waals surface area contributed by atoms with E-state index in [2.05, 4.69) is 14.7 Å². The predicted molar refractivity (Wildman–Crippen MR) is 80.0 cm³/mol. The molecule has 112 valence electrons. The standard InChI is InChI=1S/C16H13NO5/c1-21-15(18)11-5-3-10(4-6-11)13-8-7-12(16(19)22-2)9-14(13)17-20/h3-9H,1-2H3. The van der Waals surface area contributed by atoms with E-state index in [1.807, 2.05) is 0 Å². The van der Waals surface area contributed by atoms with Crippen LogP contribution in [-0.4, -0.2) is 26.2 Å². The van der Waals surface area contributed by atoms with Crippen molar-refractivity contribution in [3.63, 3.8) is 0 Å². The van der Waals surface area contributed by atoms with E-state index in [0.29, 0.717) is 16.7 Å². The van der Waals surface area contributed by atoms with Crippen molar-refractivity contribution in [1.29, 1.82) is 0 Å². The molecule has 0 aliphatic heterocycles. The molecule has 0 unspecified atom stereocenters. The van der Waals surface area contributed by atoms with E-state index in [1.165, 1.54) is 20.3 Å². The van der Waals surface area contributed by atoms with Gasteiger partial charge in [-0.15, -0.1) is 4.91 Å². The lowest BCUT2D eigenvalue weighted by Gasteiger charge is -2.07. The number of hydrogen-bond donors (Lipinski definition) is 0. The highest BCUT2D eigenvalue weighted by Gasteiger charge is 2.12. The Morgan fingerprint density at radius 3 is 1.95 bits per heavy atom. The number of ether oxygens (including phenoxy) is 2. The van der Waals surface area contributed by atoms with Gasteiger partial charge in [-0.3, -0.25) is 0 Å². The Labute approximate surface area is 126 Å². The zero-order valence-corrected chi connectivity index (χ0v) is 12.0. The van der Waals surface area contributed by atoms with Crippen molar-refractivity contribution in [2.75, 3.05) is 14.2 Å². The second-order valence-electron chi connectivity index (χ2n) is 4.38. The minimum Gasteiger partial charge on any atom is -0.465 e. The van der Waals surface area contributed by atoms with Crippen molar-refractivity contribution in [3.8, 4) is 11.1 Å². The van der Waals surface area contributed by atoms with Crippen LogP contribution in [0.15, 0.2) is 47.6 Å². The van der Waals surface area contributed by atoms with Crippen LogP contribution in [0.25, 0.3) is 11.1 Å². The first kappa shape index (κ1) is 15.4. The summed E-state index contributed by atoms with van der Waals surface area (Å²) in [6.45, 7) is 0. The number of methoxy groups -OCH3 is 2. The van der Waals surface area contributed by atoms with Crippen molar-refractivity contribution < 1.29 is 19.1 Å². The largest absolute Gasteiger partial charge is 0.465 e. The molecule has 0 heterocycles. The number of esters is 2. The molecule has 2 rings (SSSR count). The summed E-state index contributed by atoms with van der Waals surface area (Å²) in [5.41, 5.74) is 2.01. The molecule has 2 aromatic carbocycles.